The Bertz CT molecular complexity index is 729. The Morgan fingerprint density at radius 2 is 2.00 bits per heavy atom. The van der Waals surface area contributed by atoms with Crippen LogP contribution in [-0.2, 0) is 4.79 Å². The van der Waals surface area contributed by atoms with Crippen LogP contribution in [0.2, 0.25) is 0 Å². The van der Waals surface area contributed by atoms with Crippen LogP contribution >= 0.6 is 0 Å². The zero-order valence-corrected chi connectivity index (χ0v) is 14.6. The molecule has 24 heavy (non-hydrogen) atoms. The molecule has 0 aromatic heterocycles. The third kappa shape index (κ3) is 3.54. The number of hydrogen-bond donors (Lipinski definition) is 2. The average Bonchev–Trinajstić information content (AvgIpc) is 2.62. The fourth-order valence-electron chi connectivity index (χ4n) is 3.34. The van der Waals surface area contributed by atoms with E-state index in [-0.39, 0.29) is 17.9 Å². The summed E-state index contributed by atoms with van der Waals surface area (Å²) in [5.74, 6) is 0.786. The van der Waals surface area contributed by atoms with E-state index in [0.29, 0.717) is 6.04 Å². The normalized spacial score (nSPS) is 22.1. The summed E-state index contributed by atoms with van der Waals surface area (Å²) in [5.41, 5.74) is 1.04. The van der Waals surface area contributed by atoms with Crippen LogP contribution in [0.1, 0.15) is 38.2 Å². The van der Waals surface area contributed by atoms with Gasteiger partial charge in [0.2, 0.25) is 5.91 Å². The van der Waals surface area contributed by atoms with Crippen LogP contribution in [0.15, 0.2) is 36.4 Å². The van der Waals surface area contributed by atoms with Crippen LogP contribution in [0.4, 0.5) is 0 Å². The first-order valence-corrected chi connectivity index (χ1v) is 8.70. The van der Waals surface area contributed by atoms with Gasteiger partial charge in [0.15, 0.2) is 0 Å². The van der Waals surface area contributed by atoms with Gasteiger partial charge in [-0.05, 0) is 61.7 Å². The second kappa shape index (κ2) is 7.22. The number of benzene rings is 2. The van der Waals surface area contributed by atoms with E-state index in [1.165, 1.54) is 0 Å². The minimum atomic E-state index is -0.161. The van der Waals surface area contributed by atoms with Crippen LogP contribution in [0.25, 0.3) is 10.8 Å². The van der Waals surface area contributed by atoms with E-state index in [1.807, 2.05) is 31.2 Å². The van der Waals surface area contributed by atoms with Crippen molar-refractivity contribution < 1.29 is 9.53 Å². The van der Waals surface area contributed by atoms with E-state index in [2.05, 4.69) is 29.7 Å². The third-order valence-electron chi connectivity index (χ3n) is 5.05. The summed E-state index contributed by atoms with van der Waals surface area (Å²) in [6.07, 6.45) is 2.16. The molecule has 128 valence electrons. The van der Waals surface area contributed by atoms with Crippen LogP contribution in [0.3, 0.4) is 0 Å². The number of carbonyl (C=O) groups excluding carboxylic acids is 1. The van der Waals surface area contributed by atoms with Crippen molar-refractivity contribution in [1.82, 2.24) is 10.6 Å². The molecular formula is C20H26N2O2. The Kier molecular flexibility index (Phi) is 5.05. The van der Waals surface area contributed by atoms with Crippen molar-refractivity contribution >= 4 is 16.7 Å². The first kappa shape index (κ1) is 16.8. The Morgan fingerprint density at radius 3 is 2.75 bits per heavy atom. The SMILES string of the molecule is COc1ccc2cc(C(C)C(=O)NC3CCCNC3C)ccc2c1. The lowest BCUT2D eigenvalue weighted by atomic mass is 9.95. The number of carbonyl (C=O) groups is 1. The molecule has 2 aromatic carbocycles. The summed E-state index contributed by atoms with van der Waals surface area (Å²) in [6.45, 7) is 5.15. The van der Waals surface area contributed by atoms with Gasteiger partial charge in [0.25, 0.3) is 0 Å². The molecule has 0 radical (unpaired) electrons. The highest BCUT2D eigenvalue weighted by Crippen LogP contribution is 2.25. The van der Waals surface area contributed by atoms with Gasteiger partial charge in [0.1, 0.15) is 5.75 Å². The number of methoxy groups -OCH3 is 1. The molecule has 1 amide bonds. The Labute approximate surface area is 143 Å². The summed E-state index contributed by atoms with van der Waals surface area (Å²) in [6, 6.07) is 12.7. The maximum absolute atomic E-state index is 12.6. The highest BCUT2D eigenvalue weighted by atomic mass is 16.5. The third-order valence-corrected chi connectivity index (χ3v) is 5.05. The van der Waals surface area contributed by atoms with Gasteiger partial charge in [-0.2, -0.15) is 0 Å². The number of amides is 1. The molecule has 0 aliphatic carbocycles. The first-order chi connectivity index (χ1) is 11.6. The second-order valence-electron chi connectivity index (χ2n) is 6.69. The molecular weight excluding hydrogens is 300 g/mol. The lowest BCUT2D eigenvalue weighted by Crippen LogP contribution is -2.52. The maximum Gasteiger partial charge on any atom is 0.227 e. The molecule has 1 aliphatic rings. The van der Waals surface area contributed by atoms with Gasteiger partial charge in [-0.25, -0.2) is 0 Å². The molecule has 0 spiro atoms. The number of ether oxygens (including phenoxy) is 1. The van der Waals surface area contributed by atoms with Gasteiger partial charge >= 0.3 is 0 Å². The van der Waals surface area contributed by atoms with Crippen LogP contribution in [0, 0.1) is 0 Å². The van der Waals surface area contributed by atoms with E-state index < -0.39 is 0 Å². The predicted octanol–water partition coefficient (Wildman–Crippen LogP) is 3.21. The minimum Gasteiger partial charge on any atom is -0.497 e. The van der Waals surface area contributed by atoms with E-state index >= 15 is 0 Å². The van der Waals surface area contributed by atoms with Crippen molar-refractivity contribution in [2.45, 2.75) is 44.7 Å². The number of rotatable bonds is 4. The first-order valence-electron chi connectivity index (χ1n) is 8.70. The van der Waals surface area contributed by atoms with Gasteiger partial charge in [-0.3, -0.25) is 4.79 Å². The van der Waals surface area contributed by atoms with Crippen LogP contribution < -0.4 is 15.4 Å². The average molecular weight is 326 g/mol. The van der Waals surface area contributed by atoms with E-state index in [4.69, 9.17) is 4.74 Å². The smallest absolute Gasteiger partial charge is 0.227 e. The molecule has 3 rings (SSSR count). The lowest BCUT2D eigenvalue weighted by Gasteiger charge is -2.31. The largest absolute Gasteiger partial charge is 0.497 e. The Hall–Kier alpha value is -2.07. The highest BCUT2D eigenvalue weighted by molar-refractivity contribution is 5.88. The van der Waals surface area contributed by atoms with Crippen LogP contribution in [0.5, 0.6) is 5.75 Å². The minimum absolute atomic E-state index is 0.100. The summed E-state index contributed by atoms with van der Waals surface area (Å²) < 4.78 is 5.26. The van der Waals surface area contributed by atoms with E-state index in [9.17, 15) is 4.79 Å². The van der Waals surface area contributed by atoms with Crippen molar-refractivity contribution in [2.24, 2.45) is 0 Å². The lowest BCUT2D eigenvalue weighted by molar-refractivity contribution is -0.123. The molecule has 1 heterocycles. The van der Waals surface area contributed by atoms with Gasteiger partial charge in [0, 0.05) is 12.1 Å². The van der Waals surface area contributed by atoms with Crippen molar-refractivity contribution in [3.05, 3.63) is 42.0 Å². The van der Waals surface area contributed by atoms with E-state index in [0.717, 1.165) is 41.5 Å². The van der Waals surface area contributed by atoms with Crippen molar-refractivity contribution in [3.8, 4) is 5.75 Å². The van der Waals surface area contributed by atoms with Gasteiger partial charge in [0.05, 0.1) is 13.0 Å². The molecule has 3 atom stereocenters. The fourth-order valence-corrected chi connectivity index (χ4v) is 3.34. The van der Waals surface area contributed by atoms with E-state index in [1.54, 1.807) is 7.11 Å². The molecule has 1 aliphatic heterocycles. The topological polar surface area (TPSA) is 50.4 Å². The summed E-state index contributed by atoms with van der Waals surface area (Å²) in [4.78, 5) is 12.6. The predicted molar refractivity (Wildman–Crippen MR) is 97.5 cm³/mol. The molecule has 4 heteroatoms. The molecule has 2 aromatic rings. The summed E-state index contributed by atoms with van der Waals surface area (Å²) in [5, 5.41) is 8.88. The standard InChI is InChI=1S/C20H26N2O2/c1-13(20(23)22-19-5-4-10-21-14(19)2)15-6-7-17-12-18(24-3)9-8-16(17)11-15/h6-9,11-14,19,21H,4-5,10H2,1-3H3,(H,22,23). The number of fused-ring (bicyclic) bond motifs is 1. The van der Waals surface area contributed by atoms with Gasteiger partial charge in [-0.15, -0.1) is 0 Å². The fraction of sp³-hybridized carbons (Fsp3) is 0.450. The van der Waals surface area contributed by atoms with Crippen LogP contribution in [-0.4, -0.2) is 31.6 Å². The highest BCUT2D eigenvalue weighted by Gasteiger charge is 2.25. The zero-order chi connectivity index (χ0) is 17.1. The molecule has 2 N–H and O–H groups in total. The molecule has 1 fully saturated rings. The second-order valence-corrected chi connectivity index (χ2v) is 6.69. The Balaban J connectivity index is 1.74. The van der Waals surface area contributed by atoms with Gasteiger partial charge < -0.3 is 15.4 Å². The number of piperidine rings is 1. The number of hydrogen-bond acceptors (Lipinski definition) is 3. The van der Waals surface area contributed by atoms with Crippen molar-refractivity contribution in [3.63, 3.8) is 0 Å². The number of nitrogens with one attached hydrogen (secondary N) is 2. The van der Waals surface area contributed by atoms with Crippen molar-refractivity contribution in [2.75, 3.05) is 13.7 Å². The zero-order valence-electron chi connectivity index (χ0n) is 14.6. The molecule has 0 saturated carbocycles. The summed E-state index contributed by atoms with van der Waals surface area (Å²) in [7, 11) is 1.67. The van der Waals surface area contributed by atoms with Crippen molar-refractivity contribution in [1.29, 1.82) is 0 Å². The molecule has 1 saturated heterocycles. The monoisotopic (exact) mass is 326 g/mol. The van der Waals surface area contributed by atoms with Gasteiger partial charge in [-0.1, -0.05) is 24.3 Å². The molecule has 3 unspecified atom stereocenters. The summed E-state index contributed by atoms with van der Waals surface area (Å²) >= 11 is 0. The quantitative estimate of drug-likeness (QED) is 0.907. The maximum atomic E-state index is 12.6. The Morgan fingerprint density at radius 1 is 1.25 bits per heavy atom. The molecule has 0 bridgehead atoms. The molecule has 4 nitrogen and oxygen atoms in total.